The van der Waals surface area contributed by atoms with E-state index in [1.54, 1.807) is 0 Å². The number of alkyl halides is 3. The van der Waals surface area contributed by atoms with Crippen LogP contribution in [-0.4, -0.2) is 48.4 Å². The fourth-order valence-corrected chi connectivity index (χ4v) is 5.35. The first-order valence-corrected chi connectivity index (χ1v) is 13.2. The molecule has 1 fully saturated rings. The number of halogens is 3. The van der Waals surface area contributed by atoms with Crippen molar-refractivity contribution in [2.75, 3.05) is 12.4 Å². The number of imidazole rings is 1. The highest BCUT2D eigenvalue weighted by Gasteiger charge is 2.34. The van der Waals surface area contributed by atoms with E-state index in [9.17, 15) is 27.9 Å². The second-order valence-corrected chi connectivity index (χ2v) is 11.0. The molecule has 5 rings (SSSR count). The van der Waals surface area contributed by atoms with Crippen LogP contribution < -0.4 is 16.3 Å². The maximum atomic E-state index is 13.5. The topological polar surface area (TPSA) is 136 Å². The molecule has 1 aliphatic rings. The number of rotatable bonds is 6. The van der Waals surface area contributed by atoms with Gasteiger partial charge < -0.3 is 20.5 Å². The van der Waals surface area contributed by atoms with Gasteiger partial charge in [-0.25, -0.2) is 24.5 Å². The number of thiazole rings is 1. The van der Waals surface area contributed by atoms with E-state index in [1.165, 1.54) is 42.8 Å². The molecule has 0 aliphatic heterocycles. The predicted octanol–water partition coefficient (Wildman–Crippen LogP) is 4.69. The number of fused-ring (bicyclic) bond motifs is 1. The summed E-state index contributed by atoms with van der Waals surface area (Å²) >= 11 is 0.389. The van der Waals surface area contributed by atoms with Crippen molar-refractivity contribution in [3.8, 4) is 10.7 Å². The van der Waals surface area contributed by atoms with Crippen LogP contribution >= 0.6 is 11.3 Å². The van der Waals surface area contributed by atoms with Gasteiger partial charge in [0.1, 0.15) is 27.2 Å². The van der Waals surface area contributed by atoms with Gasteiger partial charge in [-0.05, 0) is 50.8 Å². The minimum absolute atomic E-state index is 0.00434. The number of amides is 1. The van der Waals surface area contributed by atoms with Crippen LogP contribution in [0.4, 0.5) is 29.6 Å². The number of aryl methyl sites for hydroxylation is 1. The molecule has 218 valence electrons. The molecule has 0 aromatic carbocycles. The Kier molecular flexibility index (Phi) is 6.04. The van der Waals surface area contributed by atoms with Crippen LogP contribution in [0.25, 0.3) is 21.7 Å². The first-order valence-electron chi connectivity index (χ1n) is 14.3. The molecule has 0 saturated heterocycles. The van der Waals surface area contributed by atoms with Crippen molar-refractivity contribution >= 4 is 40.1 Å². The van der Waals surface area contributed by atoms with E-state index in [0.29, 0.717) is 27.7 Å². The molecule has 3 N–H and O–H groups in total. The van der Waals surface area contributed by atoms with E-state index in [0.717, 1.165) is 7.11 Å². The van der Waals surface area contributed by atoms with Crippen LogP contribution in [-0.2, 0) is 23.5 Å². The molecule has 1 aliphatic carbocycles. The molecule has 0 unspecified atom stereocenters. The summed E-state index contributed by atoms with van der Waals surface area (Å²) in [6.07, 6.45) is -3.10. The fraction of sp³-hybridized carbons (Fsp3) is 0.423. The number of nitrogens with one attached hydrogen (secondary N) is 2. The number of hydrogen-bond donors (Lipinski definition) is 3. The minimum atomic E-state index is -4.60. The maximum absolute atomic E-state index is 13.5. The number of aliphatic hydroxyl groups is 1. The number of carbonyl (C=O) groups excluding carboxylic acids is 1. The molecule has 4 aromatic heterocycles. The lowest BCUT2D eigenvalue weighted by Gasteiger charge is -2.19. The Morgan fingerprint density at radius 3 is 2.63 bits per heavy atom. The molecule has 15 heteroatoms. The number of aromatic nitrogens is 5. The molecule has 0 spiro atoms. The van der Waals surface area contributed by atoms with Crippen LogP contribution in [0.1, 0.15) is 55.1 Å². The molecule has 0 radical (unpaired) electrons. The van der Waals surface area contributed by atoms with Gasteiger partial charge >= 0.3 is 18.0 Å². The Balaban J connectivity index is 1.58. The summed E-state index contributed by atoms with van der Waals surface area (Å²) < 4.78 is 78.7. The minimum Gasteiger partial charge on any atom is -0.453 e. The summed E-state index contributed by atoms with van der Waals surface area (Å²) in [5.74, 6) is 0.181. The lowest BCUT2D eigenvalue weighted by atomic mass is 9.98. The molecule has 1 saturated carbocycles. The van der Waals surface area contributed by atoms with Gasteiger partial charge in [0, 0.05) is 29.2 Å². The summed E-state index contributed by atoms with van der Waals surface area (Å²) in [7, 11) is 1.16. The van der Waals surface area contributed by atoms with E-state index in [4.69, 9.17) is 5.48 Å². The highest BCUT2D eigenvalue weighted by Crippen LogP contribution is 2.38. The lowest BCUT2D eigenvalue weighted by molar-refractivity contribution is -0.134. The third kappa shape index (κ3) is 5.77. The van der Waals surface area contributed by atoms with Crippen LogP contribution in [0.3, 0.4) is 0 Å². The van der Waals surface area contributed by atoms with Crippen molar-refractivity contribution in [1.82, 2.24) is 29.4 Å². The second-order valence-electron chi connectivity index (χ2n) is 10.0. The van der Waals surface area contributed by atoms with Gasteiger partial charge in [0.05, 0.1) is 37.5 Å². The summed E-state index contributed by atoms with van der Waals surface area (Å²) in [5.41, 5.74) is -1.74. The third-order valence-corrected chi connectivity index (χ3v) is 7.71. The van der Waals surface area contributed by atoms with E-state index < -0.39 is 47.5 Å². The first kappa shape index (κ1) is 23.7. The highest BCUT2D eigenvalue weighted by atomic mass is 32.1. The van der Waals surface area contributed by atoms with Crippen molar-refractivity contribution in [3.63, 3.8) is 0 Å². The van der Waals surface area contributed by atoms with Crippen LogP contribution in [0.15, 0.2) is 35.4 Å². The Bertz CT molecular complexity index is 1830. The Labute approximate surface area is 241 Å². The molecule has 0 bridgehead atoms. The summed E-state index contributed by atoms with van der Waals surface area (Å²) in [6, 6.07) is 2.19. The molecule has 4 heterocycles. The molecule has 4 aromatic rings. The van der Waals surface area contributed by atoms with Crippen molar-refractivity contribution in [3.05, 3.63) is 51.5 Å². The van der Waals surface area contributed by atoms with Gasteiger partial charge in [-0.1, -0.05) is 0 Å². The number of hydrogen-bond acceptors (Lipinski definition) is 9. The van der Waals surface area contributed by atoms with Crippen molar-refractivity contribution < 1.29 is 33.3 Å². The molecule has 1 amide bonds. The highest BCUT2D eigenvalue weighted by molar-refractivity contribution is 7.15. The van der Waals surface area contributed by atoms with Gasteiger partial charge in [-0.3, -0.25) is 9.13 Å². The van der Waals surface area contributed by atoms with Crippen LogP contribution in [0, 0.1) is 0 Å². The number of ether oxygens (including phenoxy) is 1. The van der Waals surface area contributed by atoms with Crippen molar-refractivity contribution in [2.24, 2.45) is 6.98 Å². The Morgan fingerprint density at radius 1 is 1.20 bits per heavy atom. The second kappa shape index (κ2) is 10.4. The molecule has 41 heavy (non-hydrogen) atoms. The number of anilines is 2. The fourth-order valence-electron chi connectivity index (χ4n) is 4.61. The maximum Gasteiger partial charge on any atom is 0.427 e. The molecular formula is C26H28F3N7O4S. The normalized spacial score (nSPS) is 21.2. The number of methoxy groups -OCH3 is 1. The molecule has 11 nitrogen and oxygen atoms in total. The predicted molar refractivity (Wildman–Crippen MR) is 146 cm³/mol. The van der Waals surface area contributed by atoms with Crippen molar-refractivity contribution in [1.29, 1.82) is 0 Å². The third-order valence-electron chi connectivity index (χ3n) is 6.64. The number of carbonyl (C=O) groups is 1. The zero-order valence-electron chi connectivity index (χ0n) is 26.0. The standard InChI is InChI=1S/C26H28F3N7O4S/c1-25(2,39)13-7-16(22-31-12-19(41-22)26(27,28)29)33-21(8-13)34-20-10-17-18(11-30-20)35(3)24(38)36(17)15-6-5-14(9-15)32-23(37)40-4/h7-8,10-12,14-15,39H,5-6,9H2,1-4H3,(H,32,37)(H,30,33,34)/t14-,15+/m0/s1/i3D3,14D. The van der Waals surface area contributed by atoms with E-state index in [2.05, 4.69) is 30.3 Å². The van der Waals surface area contributed by atoms with Crippen LogP contribution in [0.5, 0.6) is 0 Å². The van der Waals surface area contributed by atoms with Gasteiger partial charge in [-0.15, -0.1) is 11.3 Å². The molecular weight excluding hydrogens is 563 g/mol. The number of alkyl carbamates (subject to hydrolysis) is 1. The summed E-state index contributed by atoms with van der Waals surface area (Å²) in [4.78, 5) is 36.9. The van der Waals surface area contributed by atoms with Gasteiger partial charge in [0.15, 0.2) is 0 Å². The average molecular weight is 596 g/mol. The van der Waals surface area contributed by atoms with Gasteiger partial charge in [0.2, 0.25) is 0 Å². The summed E-state index contributed by atoms with van der Waals surface area (Å²) in [6.45, 7) is 0.115. The van der Waals surface area contributed by atoms with Gasteiger partial charge in [-0.2, -0.15) is 13.2 Å². The smallest absolute Gasteiger partial charge is 0.427 e. The lowest BCUT2D eigenvalue weighted by Crippen LogP contribution is -2.33. The largest absolute Gasteiger partial charge is 0.453 e. The van der Waals surface area contributed by atoms with E-state index in [1.807, 2.05) is 0 Å². The first-order chi connectivity index (χ1) is 20.8. The van der Waals surface area contributed by atoms with Crippen LogP contribution in [0.2, 0.25) is 0 Å². The zero-order chi connectivity index (χ0) is 33.1. The number of pyridine rings is 2. The van der Waals surface area contributed by atoms with Crippen molar-refractivity contribution in [2.45, 2.75) is 56.9 Å². The summed E-state index contributed by atoms with van der Waals surface area (Å²) in [5, 5.41) is 16.0. The molecule has 2 atom stereocenters. The monoisotopic (exact) mass is 595 g/mol. The Hall–Kier alpha value is -3.98. The Morgan fingerprint density at radius 2 is 1.98 bits per heavy atom. The zero-order valence-corrected chi connectivity index (χ0v) is 22.9. The quantitative estimate of drug-likeness (QED) is 0.292. The number of nitrogens with zero attached hydrogens (tertiary/aromatic N) is 5. The van der Waals surface area contributed by atoms with E-state index in [-0.39, 0.29) is 52.6 Å². The average Bonchev–Trinajstić information content (AvgIpc) is 3.63. The van der Waals surface area contributed by atoms with E-state index >= 15 is 0 Å². The van der Waals surface area contributed by atoms with Gasteiger partial charge in [0.25, 0.3) is 0 Å². The SMILES string of the molecule is [2H]C([2H])([2H])n1c(=O)n([C@@H]2CC[C@]([2H])(NC(=O)OC)C2)c2cc(Nc3cc(C(C)(C)O)cc(-c4ncc(C(F)(F)F)s4)n3)ncc21.